The predicted octanol–water partition coefficient (Wildman–Crippen LogP) is -0.426. The molecule has 1 heterocycles. The van der Waals surface area contributed by atoms with Crippen LogP contribution >= 0.6 is 0 Å². The number of nitrogens with zero attached hydrogens (tertiary/aromatic N) is 1. The number of amides is 2. The number of aliphatic hydroxyl groups is 1. The topological polar surface area (TPSA) is 125 Å². The van der Waals surface area contributed by atoms with Crippen molar-refractivity contribution in [2.75, 3.05) is 32.8 Å². The van der Waals surface area contributed by atoms with Gasteiger partial charge in [-0.2, -0.15) is 4.31 Å². The average molecular weight is 413 g/mol. The van der Waals surface area contributed by atoms with Gasteiger partial charge in [-0.3, -0.25) is 9.59 Å². The third-order valence-electron chi connectivity index (χ3n) is 4.37. The third kappa shape index (κ3) is 5.07. The van der Waals surface area contributed by atoms with Crippen molar-refractivity contribution in [1.29, 1.82) is 0 Å². The molecule has 0 unspecified atom stereocenters. The molecular weight excluding hydrogens is 386 g/mol. The number of carbonyl (C=O) groups is 2. The van der Waals surface area contributed by atoms with Crippen LogP contribution in [0.25, 0.3) is 0 Å². The summed E-state index contributed by atoms with van der Waals surface area (Å²) in [5.74, 6) is -1.81. The smallest absolute Gasteiger partial charge is 0.309 e. The van der Waals surface area contributed by atoms with E-state index in [4.69, 9.17) is 9.84 Å². The van der Waals surface area contributed by atoms with E-state index < -0.39 is 28.1 Å². The minimum absolute atomic E-state index is 0.0430. The highest BCUT2D eigenvalue weighted by Crippen LogP contribution is 2.28. The van der Waals surface area contributed by atoms with Crippen LogP contribution in [0.15, 0.2) is 17.0 Å². The van der Waals surface area contributed by atoms with Crippen LogP contribution in [0.1, 0.15) is 23.1 Å². The predicted molar refractivity (Wildman–Crippen MR) is 102 cm³/mol. The lowest BCUT2D eigenvalue weighted by molar-refractivity contribution is -0.140. The Balaban J connectivity index is 2.18. The summed E-state index contributed by atoms with van der Waals surface area (Å²) in [7, 11) is -3.85. The molecule has 0 bridgehead atoms. The lowest BCUT2D eigenvalue weighted by Crippen LogP contribution is -2.53. The molecule has 2 rings (SSSR count). The first-order valence-electron chi connectivity index (χ1n) is 9.06. The van der Waals surface area contributed by atoms with Gasteiger partial charge < -0.3 is 20.5 Å². The molecule has 1 aromatic rings. The number of carbonyl (C=O) groups excluding carboxylic acids is 2. The van der Waals surface area contributed by atoms with Gasteiger partial charge in [-0.05, 0) is 38.3 Å². The summed E-state index contributed by atoms with van der Waals surface area (Å²) in [6.45, 7) is 5.53. The fraction of sp³-hybridized carbons (Fsp3) is 0.556. The van der Waals surface area contributed by atoms with Gasteiger partial charge in [-0.1, -0.05) is 17.7 Å². The minimum atomic E-state index is -3.85. The van der Waals surface area contributed by atoms with Crippen LogP contribution in [-0.4, -0.2) is 68.7 Å². The average Bonchev–Trinajstić information content (AvgIpc) is 2.63. The molecule has 1 aliphatic heterocycles. The molecule has 2 amide bonds. The molecule has 1 aromatic carbocycles. The van der Waals surface area contributed by atoms with Crippen LogP contribution in [-0.2, 0) is 24.3 Å². The fourth-order valence-corrected chi connectivity index (χ4v) is 5.28. The number of benzene rings is 1. The van der Waals surface area contributed by atoms with Crippen LogP contribution in [0.2, 0.25) is 0 Å². The summed E-state index contributed by atoms with van der Waals surface area (Å²) in [4.78, 5) is 23.7. The molecule has 0 saturated carbocycles. The molecular formula is C18H27N3O6S. The quantitative estimate of drug-likeness (QED) is 0.544. The first-order valence-corrected chi connectivity index (χ1v) is 10.5. The Morgan fingerprint density at radius 1 is 1.18 bits per heavy atom. The molecule has 1 aliphatic rings. The van der Waals surface area contributed by atoms with E-state index in [0.717, 1.165) is 5.56 Å². The van der Waals surface area contributed by atoms with Crippen molar-refractivity contribution in [3.8, 4) is 0 Å². The van der Waals surface area contributed by atoms with Crippen molar-refractivity contribution in [2.24, 2.45) is 0 Å². The van der Waals surface area contributed by atoms with E-state index in [1.807, 2.05) is 19.1 Å². The number of sulfonamides is 1. The third-order valence-corrected chi connectivity index (χ3v) is 6.56. The Morgan fingerprint density at radius 2 is 1.79 bits per heavy atom. The van der Waals surface area contributed by atoms with Crippen molar-refractivity contribution in [2.45, 2.75) is 38.3 Å². The lowest BCUT2D eigenvalue weighted by Gasteiger charge is -2.35. The summed E-state index contributed by atoms with van der Waals surface area (Å²) in [5, 5.41) is 13.3. The molecule has 156 valence electrons. The summed E-state index contributed by atoms with van der Waals surface area (Å²) >= 11 is 0. The van der Waals surface area contributed by atoms with Crippen LogP contribution in [0.3, 0.4) is 0 Å². The van der Waals surface area contributed by atoms with Gasteiger partial charge >= 0.3 is 11.8 Å². The summed E-state index contributed by atoms with van der Waals surface area (Å²) in [6.07, 6.45) is -0.376. The van der Waals surface area contributed by atoms with Gasteiger partial charge in [0.15, 0.2) is 0 Å². The zero-order valence-electron chi connectivity index (χ0n) is 16.3. The van der Waals surface area contributed by atoms with Gasteiger partial charge in [-0.15, -0.1) is 0 Å². The van der Waals surface area contributed by atoms with Gasteiger partial charge in [0, 0.05) is 13.1 Å². The molecule has 28 heavy (non-hydrogen) atoms. The maximum atomic E-state index is 13.3. The number of aryl methyl sites for hydroxylation is 3. The van der Waals surface area contributed by atoms with Gasteiger partial charge in [0.05, 0.1) is 24.7 Å². The molecule has 10 heteroatoms. The van der Waals surface area contributed by atoms with Gasteiger partial charge in [-0.25, -0.2) is 8.42 Å². The lowest BCUT2D eigenvalue weighted by atomic mass is 10.1. The van der Waals surface area contributed by atoms with Gasteiger partial charge in [0.2, 0.25) is 10.0 Å². The maximum absolute atomic E-state index is 13.3. The molecule has 0 aliphatic carbocycles. The second kappa shape index (κ2) is 9.46. The highest BCUT2D eigenvalue weighted by atomic mass is 32.2. The van der Waals surface area contributed by atoms with E-state index in [1.165, 1.54) is 4.31 Å². The maximum Gasteiger partial charge on any atom is 0.309 e. The van der Waals surface area contributed by atoms with E-state index in [2.05, 4.69) is 10.6 Å². The van der Waals surface area contributed by atoms with E-state index >= 15 is 0 Å². The SMILES string of the molecule is Cc1cc(C)c(S(=O)(=O)N2CCCO[C@H]2CNC(=O)C(=O)NCCO)c(C)c1. The van der Waals surface area contributed by atoms with Crippen LogP contribution in [0.5, 0.6) is 0 Å². The van der Waals surface area contributed by atoms with Crippen molar-refractivity contribution in [3.63, 3.8) is 0 Å². The van der Waals surface area contributed by atoms with Crippen molar-refractivity contribution in [3.05, 3.63) is 28.8 Å². The van der Waals surface area contributed by atoms with E-state index in [-0.39, 0.29) is 31.1 Å². The standard InChI is InChI=1S/C18H27N3O6S/c1-12-9-13(2)16(14(3)10-12)28(25,26)21-6-4-8-27-15(21)11-20-18(24)17(23)19-5-7-22/h9-10,15,22H,4-8,11H2,1-3H3,(H,19,23)(H,20,24)/t15-/m0/s1. The molecule has 0 radical (unpaired) electrons. The molecule has 9 nitrogen and oxygen atoms in total. The monoisotopic (exact) mass is 413 g/mol. The van der Waals surface area contributed by atoms with Crippen molar-refractivity contribution >= 4 is 21.8 Å². The van der Waals surface area contributed by atoms with Crippen LogP contribution < -0.4 is 10.6 Å². The fourth-order valence-electron chi connectivity index (χ4n) is 3.30. The number of ether oxygens (including phenoxy) is 1. The Labute approximate surface area is 165 Å². The highest BCUT2D eigenvalue weighted by molar-refractivity contribution is 7.89. The Morgan fingerprint density at radius 3 is 2.39 bits per heavy atom. The number of aliphatic hydroxyl groups excluding tert-OH is 1. The molecule has 1 saturated heterocycles. The Bertz CT molecular complexity index is 817. The van der Waals surface area contributed by atoms with E-state index in [0.29, 0.717) is 24.2 Å². The second-order valence-corrected chi connectivity index (χ2v) is 8.54. The van der Waals surface area contributed by atoms with Crippen molar-refractivity contribution in [1.82, 2.24) is 14.9 Å². The number of hydrogen-bond donors (Lipinski definition) is 3. The molecule has 1 fully saturated rings. The Kier molecular flexibility index (Phi) is 7.53. The number of nitrogens with one attached hydrogen (secondary N) is 2. The number of hydrogen-bond acceptors (Lipinski definition) is 6. The second-order valence-electron chi connectivity index (χ2n) is 6.71. The van der Waals surface area contributed by atoms with Crippen LogP contribution in [0, 0.1) is 20.8 Å². The Hall–Kier alpha value is -2.01. The number of rotatable bonds is 6. The summed E-state index contributed by atoms with van der Waals surface area (Å²) < 4.78 is 33.4. The zero-order chi connectivity index (χ0) is 20.9. The largest absolute Gasteiger partial charge is 0.395 e. The van der Waals surface area contributed by atoms with Crippen molar-refractivity contribution < 1.29 is 27.9 Å². The van der Waals surface area contributed by atoms with Gasteiger partial charge in [0.25, 0.3) is 0 Å². The first-order chi connectivity index (χ1) is 13.2. The molecule has 1 atom stereocenters. The highest BCUT2D eigenvalue weighted by Gasteiger charge is 2.36. The van der Waals surface area contributed by atoms with E-state index in [1.54, 1.807) is 13.8 Å². The van der Waals surface area contributed by atoms with Crippen LogP contribution in [0.4, 0.5) is 0 Å². The molecule has 0 spiro atoms. The molecule has 0 aromatic heterocycles. The van der Waals surface area contributed by atoms with Gasteiger partial charge in [0.1, 0.15) is 6.23 Å². The van der Waals surface area contributed by atoms with E-state index in [9.17, 15) is 18.0 Å². The zero-order valence-corrected chi connectivity index (χ0v) is 17.1. The summed E-state index contributed by atoms with van der Waals surface area (Å²) in [5.41, 5.74) is 2.27. The normalized spacial score (nSPS) is 17.9. The molecule has 3 N–H and O–H groups in total. The summed E-state index contributed by atoms with van der Waals surface area (Å²) in [6, 6.07) is 3.62. The first kappa shape index (κ1) is 22.3. The minimum Gasteiger partial charge on any atom is -0.395 e.